The third kappa shape index (κ3) is 2.11. The average molecular weight is 102 g/mol. The van der Waals surface area contributed by atoms with Gasteiger partial charge in [-0.1, -0.05) is 0 Å². The van der Waals surface area contributed by atoms with Crippen LogP contribution in [0.1, 0.15) is 0 Å². The molecule has 3 heteroatoms. The second kappa shape index (κ2) is 3.56. The maximum atomic E-state index is 9.49. The zero-order valence-corrected chi connectivity index (χ0v) is 3.72. The van der Waals surface area contributed by atoms with Gasteiger partial charge in [0.1, 0.15) is 5.94 Å². The topological polar surface area (TPSA) is 57.5 Å². The number of rotatable bonds is 2. The predicted molar refractivity (Wildman–Crippen MR) is 23.4 cm³/mol. The lowest BCUT2D eigenvalue weighted by Gasteiger charge is -1.85. The van der Waals surface area contributed by atoms with Crippen molar-refractivity contribution in [2.45, 2.75) is 0 Å². The molecule has 0 rings (SSSR count). The fourth-order valence-corrected chi connectivity index (χ4v) is 0.115. The second-order valence-corrected chi connectivity index (χ2v) is 1.02. The highest BCUT2D eigenvalue weighted by atomic mass is 16.3. The summed E-state index contributed by atoms with van der Waals surface area (Å²) in [4.78, 5) is 9.49. The number of carbonyl (C=O) groups excluding carboxylic acids is 1. The molecule has 0 aliphatic carbocycles. The average Bonchev–Trinajstić information content (AvgIpc) is 1.72. The smallest absolute Gasteiger partial charge is 0.128 e. The summed E-state index contributed by atoms with van der Waals surface area (Å²) < 4.78 is 0. The molecule has 0 fully saturated rings. The summed E-state index contributed by atoms with van der Waals surface area (Å²) in [6, 6.07) is 0. The first kappa shape index (κ1) is 6.37. The van der Waals surface area contributed by atoms with E-state index in [-0.39, 0.29) is 5.57 Å². The van der Waals surface area contributed by atoms with Gasteiger partial charge < -0.3 is 10.2 Å². The van der Waals surface area contributed by atoms with E-state index in [4.69, 9.17) is 10.2 Å². The maximum absolute atomic E-state index is 9.49. The fourth-order valence-electron chi connectivity index (χ4n) is 0.115. The van der Waals surface area contributed by atoms with Crippen LogP contribution >= 0.6 is 0 Å². The SMILES string of the molecule is O=C=C(CO)CO. The van der Waals surface area contributed by atoms with Crippen molar-refractivity contribution in [3.63, 3.8) is 0 Å². The Morgan fingerprint density at radius 3 is 1.86 bits per heavy atom. The highest BCUT2D eigenvalue weighted by Gasteiger charge is 1.88. The van der Waals surface area contributed by atoms with Gasteiger partial charge in [-0.3, -0.25) is 0 Å². The Bertz CT molecular complexity index is 85.1. The first-order chi connectivity index (χ1) is 3.35. The zero-order valence-electron chi connectivity index (χ0n) is 3.72. The standard InChI is InChI=1S/C4H6O3/c5-1-4(2-6)3-7/h5-6H,1-2H2. The zero-order chi connectivity index (χ0) is 5.70. The first-order valence-corrected chi connectivity index (χ1v) is 1.79. The van der Waals surface area contributed by atoms with Crippen LogP contribution in [0.4, 0.5) is 0 Å². The van der Waals surface area contributed by atoms with Crippen molar-refractivity contribution < 1.29 is 15.0 Å². The van der Waals surface area contributed by atoms with Crippen molar-refractivity contribution in [3.05, 3.63) is 5.57 Å². The van der Waals surface area contributed by atoms with Gasteiger partial charge in [-0.25, -0.2) is 4.79 Å². The van der Waals surface area contributed by atoms with Gasteiger partial charge in [0, 0.05) is 0 Å². The molecule has 3 nitrogen and oxygen atoms in total. The number of aliphatic hydroxyl groups excluding tert-OH is 2. The normalized spacial score (nSPS) is 7.71. The summed E-state index contributed by atoms with van der Waals surface area (Å²) in [7, 11) is 0. The Balaban J connectivity index is 3.61. The Hall–Kier alpha value is -0.630. The quantitative estimate of drug-likeness (QED) is 0.427. The van der Waals surface area contributed by atoms with Gasteiger partial charge in [0.2, 0.25) is 0 Å². The molecular formula is C4H6O3. The van der Waals surface area contributed by atoms with Crippen molar-refractivity contribution in [1.82, 2.24) is 0 Å². The Morgan fingerprint density at radius 2 is 1.86 bits per heavy atom. The van der Waals surface area contributed by atoms with Gasteiger partial charge in [0.25, 0.3) is 0 Å². The van der Waals surface area contributed by atoms with Crippen LogP contribution in [-0.2, 0) is 4.79 Å². The molecule has 0 heterocycles. The molecule has 0 aliphatic rings. The first-order valence-electron chi connectivity index (χ1n) is 1.79. The van der Waals surface area contributed by atoms with Crippen LogP contribution in [-0.4, -0.2) is 29.4 Å². The molecule has 0 aliphatic heterocycles. The van der Waals surface area contributed by atoms with E-state index >= 15 is 0 Å². The lowest BCUT2D eigenvalue weighted by Crippen LogP contribution is -1.95. The van der Waals surface area contributed by atoms with Crippen LogP contribution in [0.25, 0.3) is 0 Å². The molecule has 0 saturated carbocycles. The summed E-state index contributed by atoms with van der Waals surface area (Å²) >= 11 is 0. The van der Waals surface area contributed by atoms with Crippen LogP contribution in [0.15, 0.2) is 5.57 Å². The molecule has 7 heavy (non-hydrogen) atoms. The summed E-state index contributed by atoms with van der Waals surface area (Å²) in [5.74, 6) is 1.37. The monoisotopic (exact) mass is 102 g/mol. The van der Waals surface area contributed by atoms with Crippen molar-refractivity contribution >= 4 is 5.94 Å². The fraction of sp³-hybridized carbons (Fsp3) is 0.500. The predicted octanol–water partition coefficient (Wildman–Crippen LogP) is -1.27. The van der Waals surface area contributed by atoms with E-state index < -0.39 is 13.2 Å². The third-order valence-corrected chi connectivity index (χ3v) is 0.526. The minimum absolute atomic E-state index is 0.0139. The molecule has 0 bridgehead atoms. The lowest BCUT2D eigenvalue weighted by atomic mass is 10.3. The second-order valence-electron chi connectivity index (χ2n) is 1.02. The van der Waals surface area contributed by atoms with Crippen LogP contribution in [0, 0.1) is 0 Å². The van der Waals surface area contributed by atoms with E-state index in [1.54, 1.807) is 0 Å². The largest absolute Gasteiger partial charge is 0.391 e. The van der Waals surface area contributed by atoms with E-state index in [0.29, 0.717) is 0 Å². The molecule has 0 aromatic carbocycles. The summed E-state index contributed by atoms with van der Waals surface area (Å²) in [6.45, 7) is -0.806. The highest BCUT2D eigenvalue weighted by molar-refractivity contribution is 5.52. The van der Waals surface area contributed by atoms with Crippen molar-refractivity contribution in [2.75, 3.05) is 13.2 Å². The van der Waals surface area contributed by atoms with Crippen LogP contribution in [0.2, 0.25) is 0 Å². The van der Waals surface area contributed by atoms with Crippen LogP contribution < -0.4 is 0 Å². The molecule has 2 N–H and O–H groups in total. The van der Waals surface area contributed by atoms with E-state index in [9.17, 15) is 4.79 Å². The van der Waals surface area contributed by atoms with E-state index in [2.05, 4.69) is 0 Å². The lowest BCUT2D eigenvalue weighted by molar-refractivity contribution is 0.278. The third-order valence-electron chi connectivity index (χ3n) is 0.526. The molecule has 0 aromatic rings. The Kier molecular flexibility index (Phi) is 3.24. The molecule has 0 saturated heterocycles. The molecule has 0 atom stereocenters. The van der Waals surface area contributed by atoms with Gasteiger partial charge in [-0.2, -0.15) is 0 Å². The molecule has 40 valence electrons. The van der Waals surface area contributed by atoms with Crippen LogP contribution in [0.5, 0.6) is 0 Å². The molecule has 0 unspecified atom stereocenters. The summed E-state index contributed by atoms with van der Waals surface area (Å²) in [6.07, 6.45) is 0. The van der Waals surface area contributed by atoms with E-state index in [1.807, 2.05) is 0 Å². The van der Waals surface area contributed by atoms with E-state index in [0.717, 1.165) is 0 Å². The summed E-state index contributed by atoms with van der Waals surface area (Å²) in [5, 5.41) is 16.1. The van der Waals surface area contributed by atoms with Gasteiger partial charge in [-0.05, 0) is 0 Å². The van der Waals surface area contributed by atoms with Gasteiger partial charge in [-0.15, -0.1) is 0 Å². The van der Waals surface area contributed by atoms with Gasteiger partial charge >= 0.3 is 0 Å². The van der Waals surface area contributed by atoms with Crippen molar-refractivity contribution in [2.24, 2.45) is 0 Å². The summed E-state index contributed by atoms with van der Waals surface area (Å²) in [5.41, 5.74) is -0.0139. The molecule has 0 aromatic heterocycles. The minimum atomic E-state index is -0.403. The van der Waals surface area contributed by atoms with Crippen LogP contribution in [0.3, 0.4) is 0 Å². The van der Waals surface area contributed by atoms with Crippen molar-refractivity contribution in [1.29, 1.82) is 0 Å². The number of hydrogen-bond acceptors (Lipinski definition) is 3. The molecule has 0 spiro atoms. The minimum Gasteiger partial charge on any atom is -0.391 e. The molecule has 0 radical (unpaired) electrons. The number of hydrogen-bond donors (Lipinski definition) is 2. The van der Waals surface area contributed by atoms with Crippen molar-refractivity contribution in [3.8, 4) is 0 Å². The van der Waals surface area contributed by atoms with Gasteiger partial charge in [0.15, 0.2) is 0 Å². The number of aliphatic hydroxyl groups is 2. The Morgan fingerprint density at radius 1 is 1.43 bits per heavy atom. The highest BCUT2D eigenvalue weighted by Crippen LogP contribution is 1.78. The van der Waals surface area contributed by atoms with Gasteiger partial charge in [0.05, 0.1) is 18.8 Å². The Labute approximate surface area is 40.9 Å². The molecule has 0 amide bonds. The van der Waals surface area contributed by atoms with E-state index in [1.165, 1.54) is 5.94 Å². The maximum Gasteiger partial charge on any atom is 0.128 e. The molecular weight excluding hydrogens is 96.0 g/mol.